The van der Waals surface area contributed by atoms with E-state index >= 15 is 0 Å². The van der Waals surface area contributed by atoms with Crippen LogP contribution >= 0.6 is 0 Å². The minimum atomic E-state index is 0.510. The van der Waals surface area contributed by atoms with Crippen molar-refractivity contribution in [3.63, 3.8) is 0 Å². The zero-order chi connectivity index (χ0) is 22.6. The Bertz CT molecular complexity index is 703. The van der Waals surface area contributed by atoms with Gasteiger partial charge in [-0.1, -0.05) is 37.3 Å². The van der Waals surface area contributed by atoms with Crippen molar-refractivity contribution in [3.8, 4) is 11.5 Å². The number of hydrogen-bond acceptors (Lipinski definition) is 7. The Kier molecular flexibility index (Phi) is 15.8. The van der Waals surface area contributed by atoms with E-state index in [4.69, 9.17) is 32.4 Å². The number of nitrogen functional groups attached to an aromatic ring is 2. The van der Waals surface area contributed by atoms with Crippen molar-refractivity contribution in [2.45, 2.75) is 19.9 Å². The summed E-state index contributed by atoms with van der Waals surface area (Å²) in [6, 6.07) is 20.7. The lowest BCUT2D eigenvalue weighted by molar-refractivity contribution is 0.413. The van der Waals surface area contributed by atoms with Crippen molar-refractivity contribution in [2.75, 3.05) is 32.2 Å². The summed E-state index contributed by atoms with van der Waals surface area (Å²) in [4.78, 5) is 3.80. The van der Waals surface area contributed by atoms with Gasteiger partial charge in [-0.05, 0) is 54.9 Å². The highest BCUT2D eigenvalue weighted by Gasteiger charge is 1.87. The van der Waals surface area contributed by atoms with Crippen molar-refractivity contribution in [1.29, 1.82) is 0 Å². The largest absolute Gasteiger partial charge is 0.497 e. The van der Waals surface area contributed by atoms with Gasteiger partial charge >= 0.3 is 0 Å². The van der Waals surface area contributed by atoms with E-state index in [1.807, 2.05) is 42.5 Å². The number of methoxy groups -OCH3 is 2. The second kappa shape index (κ2) is 17.8. The minimum absolute atomic E-state index is 0.510. The molecular weight excluding hydrogens is 378 g/mol. The van der Waals surface area contributed by atoms with Gasteiger partial charge in [0, 0.05) is 12.2 Å². The van der Waals surface area contributed by atoms with Gasteiger partial charge in [-0.25, -0.2) is 4.98 Å². The zero-order valence-electron chi connectivity index (χ0n) is 18.1. The standard InChI is InChI=1S/C7H9NO.C7H9N.C6H8N2O.C3H9N/c1-9-7-4-2-6(8)3-5-7;8-6-7-4-2-1-3-5-7;1-9-5-2-3-6(7)8-4-5;1-2-3-4/h2-5H,8H2,1H3;1-5H,6,8H2;2-4H,1H3,(H2,7,8);2-4H2,1H3. The van der Waals surface area contributed by atoms with E-state index < -0.39 is 0 Å². The smallest absolute Gasteiger partial charge is 0.137 e. The topological polar surface area (TPSA) is 135 Å². The van der Waals surface area contributed by atoms with Crippen LogP contribution in [0.1, 0.15) is 18.9 Å². The first-order valence-electron chi connectivity index (χ1n) is 9.59. The van der Waals surface area contributed by atoms with E-state index in [9.17, 15) is 0 Å². The first-order valence-corrected chi connectivity index (χ1v) is 9.59. The summed E-state index contributed by atoms with van der Waals surface area (Å²) in [6.45, 7) is 3.51. The number of nitrogens with zero attached hydrogens (tertiary/aromatic N) is 1. The predicted molar refractivity (Wildman–Crippen MR) is 126 cm³/mol. The second-order valence-electron chi connectivity index (χ2n) is 5.87. The molecule has 0 atom stereocenters. The number of rotatable bonds is 4. The van der Waals surface area contributed by atoms with Crippen LogP contribution in [-0.4, -0.2) is 25.7 Å². The van der Waals surface area contributed by atoms with Crippen LogP contribution < -0.4 is 32.4 Å². The number of nitrogens with two attached hydrogens (primary N) is 4. The normalized spacial score (nSPS) is 8.83. The van der Waals surface area contributed by atoms with E-state index in [0.717, 1.165) is 30.2 Å². The highest BCUT2D eigenvalue weighted by atomic mass is 16.5. The molecule has 0 spiro atoms. The molecule has 1 aromatic heterocycles. The maximum atomic E-state index is 5.43. The highest BCUT2D eigenvalue weighted by molar-refractivity contribution is 5.41. The number of aromatic nitrogens is 1. The van der Waals surface area contributed by atoms with Crippen molar-refractivity contribution in [1.82, 2.24) is 4.98 Å². The fraction of sp³-hybridized carbons (Fsp3) is 0.261. The van der Waals surface area contributed by atoms with Gasteiger partial charge in [-0.3, -0.25) is 0 Å². The van der Waals surface area contributed by atoms with Gasteiger partial charge in [0.05, 0.1) is 20.4 Å². The molecule has 0 unspecified atom stereocenters. The van der Waals surface area contributed by atoms with Crippen molar-refractivity contribution in [2.24, 2.45) is 11.5 Å². The van der Waals surface area contributed by atoms with Crippen molar-refractivity contribution < 1.29 is 9.47 Å². The van der Waals surface area contributed by atoms with Crippen molar-refractivity contribution in [3.05, 3.63) is 78.5 Å². The monoisotopic (exact) mass is 413 g/mol. The molecule has 0 saturated heterocycles. The highest BCUT2D eigenvalue weighted by Crippen LogP contribution is 2.11. The molecule has 2 aromatic carbocycles. The molecule has 7 heteroatoms. The van der Waals surface area contributed by atoms with Gasteiger partial charge < -0.3 is 32.4 Å². The average Bonchev–Trinajstić information content (AvgIpc) is 2.81. The lowest BCUT2D eigenvalue weighted by Crippen LogP contribution is -1.94. The third-order valence-electron chi connectivity index (χ3n) is 3.48. The van der Waals surface area contributed by atoms with Crippen LogP contribution in [0.15, 0.2) is 72.9 Å². The summed E-state index contributed by atoms with van der Waals surface area (Å²) in [5.74, 6) is 2.07. The lowest BCUT2D eigenvalue weighted by Gasteiger charge is -1.97. The predicted octanol–water partition coefficient (Wildman–Crippen LogP) is 3.45. The molecule has 164 valence electrons. The summed E-state index contributed by atoms with van der Waals surface area (Å²) in [6.07, 6.45) is 2.68. The third kappa shape index (κ3) is 13.8. The Balaban J connectivity index is 0.000000387. The van der Waals surface area contributed by atoms with Crippen LogP contribution in [-0.2, 0) is 6.54 Å². The molecule has 30 heavy (non-hydrogen) atoms. The Morgan fingerprint density at radius 2 is 1.30 bits per heavy atom. The fourth-order valence-corrected chi connectivity index (χ4v) is 1.73. The van der Waals surface area contributed by atoms with Crippen LogP contribution in [0.5, 0.6) is 11.5 Å². The molecule has 3 aromatic rings. The Labute approximate surface area is 180 Å². The molecule has 0 saturated carbocycles. The van der Waals surface area contributed by atoms with Gasteiger partial charge in [0.15, 0.2) is 0 Å². The van der Waals surface area contributed by atoms with Gasteiger partial charge in [0.25, 0.3) is 0 Å². The number of benzene rings is 2. The van der Waals surface area contributed by atoms with Gasteiger partial charge in [0.1, 0.15) is 17.3 Å². The molecule has 3 rings (SSSR count). The van der Waals surface area contributed by atoms with E-state index in [-0.39, 0.29) is 0 Å². The SMILES string of the molecule is CCCN.COc1ccc(N)cc1.COc1ccc(N)nc1.NCc1ccccc1. The van der Waals surface area contributed by atoms with Gasteiger partial charge in [0.2, 0.25) is 0 Å². The second-order valence-corrected chi connectivity index (χ2v) is 5.87. The maximum absolute atomic E-state index is 5.43. The molecule has 7 nitrogen and oxygen atoms in total. The van der Waals surface area contributed by atoms with E-state index in [0.29, 0.717) is 12.4 Å². The number of hydrogen-bond donors (Lipinski definition) is 4. The van der Waals surface area contributed by atoms with Crippen LogP contribution in [0.2, 0.25) is 0 Å². The van der Waals surface area contributed by atoms with Gasteiger partial charge in [-0.2, -0.15) is 0 Å². The molecule has 0 aliphatic heterocycles. The summed E-state index contributed by atoms with van der Waals surface area (Å²) < 4.78 is 9.76. The molecule has 1 heterocycles. The first-order chi connectivity index (χ1) is 14.5. The number of anilines is 2. The lowest BCUT2D eigenvalue weighted by atomic mass is 10.2. The summed E-state index contributed by atoms with van der Waals surface area (Å²) in [5, 5.41) is 0. The Hall–Kier alpha value is -3.29. The molecule has 0 aliphatic rings. The van der Waals surface area contributed by atoms with Crippen LogP contribution in [0.25, 0.3) is 0 Å². The minimum Gasteiger partial charge on any atom is -0.497 e. The fourth-order valence-electron chi connectivity index (χ4n) is 1.73. The third-order valence-corrected chi connectivity index (χ3v) is 3.48. The van der Waals surface area contributed by atoms with E-state index in [1.54, 1.807) is 44.7 Å². The summed E-state index contributed by atoms with van der Waals surface area (Å²) in [7, 11) is 3.22. The average molecular weight is 414 g/mol. The molecule has 0 aliphatic carbocycles. The van der Waals surface area contributed by atoms with Crippen molar-refractivity contribution >= 4 is 11.5 Å². The van der Waals surface area contributed by atoms with E-state index in [2.05, 4.69) is 11.9 Å². The molecule has 0 amide bonds. The quantitative estimate of drug-likeness (QED) is 0.481. The summed E-state index contributed by atoms with van der Waals surface area (Å²) >= 11 is 0. The van der Waals surface area contributed by atoms with Crippen LogP contribution in [0, 0.1) is 0 Å². The van der Waals surface area contributed by atoms with Crippen LogP contribution in [0.3, 0.4) is 0 Å². The number of ether oxygens (including phenoxy) is 2. The molecular formula is C23H35N5O2. The molecule has 0 fully saturated rings. The molecule has 8 N–H and O–H groups in total. The number of pyridine rings is 1. The van der Waals surface area contributed by atoms with Crippen LogP contribution in [0.4, 0.5) is 11.5 Å². The molecule has 0 radical (unpaired) electrons. The Morgan fingerprint density at radius 3 is 1.67 bits per heavy atom. The Morgan fingerprint density at radius 1 is 0.767 bits per heavy atom. The zero-order valence-corrected chi connectivity index (χ0v) is 18.1. The maximum Gasteiger partial charge on any atom is 0.137 e. The van der Waals surface area contributed by atoms with Gasteiger partial charge in [-0.15, -0.1) is 0 Å². The first kappa shape index (κ1) is 26.7. The molecule has 0 bridgehead atoms. The van der Waals surface area contributed by atoms with E-state index in [1.165, 1.54) is 5.56 Å². The summed E-state index contributed by atoms with van der Waals surface area (Å²) in [5.41, 5.74) is 23.1.